The van der Waals surface area contributed by atoms with Gasteiger partial charge in [0.1, 0.15) is 0 Å². The summed E-state index contributed by atoms with van der Waals surface area (Å²) in [5.74, 6) is -4.71. The molecule has 0 fully saturated rings. The van der Waals surface area contributed by atoms with Crippen LogP contribution in [0.1, 0.15) is 11.7 Å². The molecule has 14 nitrogen and oxygen atoms in total. The van der Waals surface area contributed by atoms with Gasteiger partial charge in [0.05, 0.1) is 34.8 Å². The van der Waals surface area contributed by atoms with Gasteiger partial charge < -0.3 is 51.7 Å². The maximum absolute atomic E-state index is 12.2. The van der Waals surface area contributed by atoms with Crippen LogP contribution >= 0.6 is 67.8 Å². The number of aliphatic hydroxyl groups excluding tert-OH is 6. The SMILES string of the molecule is NC(=O)C(OC(=O)C(O)CO)c1c(I)c(NC(=O)C(O)CO)c(I)c(NC(=O)C(O)CO)c1I.[Ac].[Ac].[Ac].[Ac].[Ac].[Ac]. The van der Waals surface area contributed by atoms with Crippen LogP contribution in [0.5, 0.6) is 0 Å². The van der Waals surface area contributed by atoms with Gasteiger partial charge in [0.25, 0.3) is 17.7 Å². The number of carbonyl (C=O) groups excluding carboxylic acids is 4. The van der Waals surface area contributed by atoms with Crippen molar-refractivity contribution < 1.29 is 319 Å². The fourth-order valence-electron chi connectivity index (χ4n) is 2.24. The molecular formula is C17H20Ac6I3N3O11. The number of benzene rings is 1. The fraction of sp³-hybridized carbons (Fsp3) is 0.412. The van der Waals surface area contributed by atoms with Gasteiger partial charge >= 0.3 is 5.97 Å². The minimum absolute atomic E-state index is 0. The van der Waals surface area contributed by atoms with E-state index in [1.807, 2.05) is 0 Å². The molecule has 1 aromatic rings. The molecule has 6 radical (unpaired) electrons. The third-order valence-corrected chi connectivity index (χ3v) is 7.32. The molecule has 0 bridgehead atoms. The molecule has 4 unspecified atom stereocenters. The first kappa shape index (κ1) is 59.8. The predicted octanol–water partition coefficient (Wildman–Crippen LogP) is -2.49. The van der Waals surface area contributed by atoms with E-state index < -0.39 is 67.9 Å². The number of nitrogens with one attached hydrogen (secondary N) is 2. The third-order valence-electron chi connectivity index (χ3n) is 4.00. The summed E-state index contributed by atoms with van der Waals surface area (Å²) < 4.78 is 5.25. The molecule has 0 aliphatic carbocycles. The Morgan fingerprint density at radius 3 is 1.27 bits per heavy atom. The van der Waals surface area contributed by atoms with Crippen LogP contribution in [0.25, 0.3) is 0 Å². The monoisotopic (exact) mass is 2180 g/mol. The number of nitrogens with two attached hydrogens (primary N) is 1. The summed E-state index contributed by atoms with van der Waals surface area (Å²) in [6.07, 6.45) is -7.51. The molecule has 23 heteroatoms. The van der Waals surface area contributed by atoms with Gasteiger partial charge in [0, 0.05) is 277 Å². The van der Waals surface area contributed by atoms with Crippen LogP contribution in [-0.4, -0.2) is 92.5 Å². The third kappa shape index (κ3) is 18.8. The molecule has 208 valence electrons. The second-order valence-electron chi connectivity index (χ2n) is 6.40. The van der Waals surface area contributed by atoms with E-state index in [-0.39, 0.29) is 292 Å². The number of aliphatic hydroxyl groups is 6. The zero-order chi connectivity index (χ0) is 26.3. The maximum Gasteiger partial charge on any atom is 0.338 e. The molecule has 3 amide bonds. The first-order chi connectivity index (χ1) is 15.8. The Hall–Kier alpha value is 7.70. The smallest absolute Gasteiger partial charge is 0.338 e. The Morgan fingerprint density at radius 2 is 1.00 bits per heavy atom. The van der Waals surface area contributed by atoms with Crippen LogP contribution in [0.2, 0.25) is 0 Å². The summed E-state index contributed by atoms with van der Waals surface area (Å²) in [6, 6.07) is 0. The van der Waals surface area contributed by atoms with Crippen molar-refractivity contribution in [2.45, 2.75) is 24.4 Å². The van der Waals surface area contributed by atoms with Crippen molar-refractivity contribution in [3.8, 4) is 0 Å². The molecule has 0 saturated carbocycles. The van der Waals surface area contributed by atoms with E-state index in [1.54, 1.807) is 67.8 Å². The molecule has 4 atom stereocenters. The van der Waals surface area contributed by atoms with Gasteiger partial charge in [0.2, 0.25) is 6.10 Å². The van der Waals surface area contributed by atoms with Crippen LogP contribution in [0.3, 0.4) is 0 Å². The summed E-state index contributed by atoms with van der Waals surface area (Å²) in [7, 11) is 0. The second kappa shape index (κ2) is 31.4. The Bertz CT molecular complexity index is 936. The predicted molar refractivity (Wildman–Crippen MR) is 139 cm³/mol. The Morgan fingerprint density at radius 1 is 0.675 bits per heavy atom. The van der Waals surface area contributed by atoms with E-state index >= 15 is 0 Å². The number of rotatable bonds is 11. The largest absolute Gasteiger partial charge is 0.445 e. The van der Waals surface area contributed by atoms with Gasteiger partial charge in [-0.3, -0.25) is 14.4 Å². The molecule has 0 spiro atoms. The fourth-order valence-corrected chi connectivity index (χ4v) is 6.51. The summed E-state index contributed by atoms with van der Waals surface area (Å²) >= 11 is 5.05. The van der Waals surface area contributed by atoms with E-state index in [0.29, 0.717) is 0 Å². The molecule has 10 N–H and O–H groups in total. The maximum atomic E-state index is 12.2. The zero-order valence-electron chi connectivity index (χ0n) is 20.3. The number of hydrogen-bond acceptors (Lipinski definition) is 11. The summed E-state index contributed by atoms with van der Waals surface area (Å²) in [6.45, 7) is -2.84. The first-order valence-electron chi connectivity index (χ1n) is 9.00. The van der Waals surface area contributed by atoms with Gasteiger partial charge in [-0.1, -0.05) is 0 Å². The Kier molecular flexibility index (Phi) is 47.0. The van der Waals surface area contributed by atoms with Crippen molar-refractivity contribution in [1.82, 2.24) is 0 Å². The van der Waals surface area contributed by atoms with Crippen molar-refractivity contribution in [2.24, 2.45) is 5.73 Å². The first-order valence-corrected chi connectivity index (χ1v) is 12.2. The number of anilines is 2. The number of hydrogen-bond donors (Lipinski definition) is 9. The summed E-state index contributed by atoms with van der Waals surface area (Å²) in [5, 5.41) is 60.4. The minimum atomic E-state index is -1.99. The Balaban J connectivity index is -0.000000482. The van der Waals surface area contributed by atoms with Gasteiger partial charge in [-0.25, -0.2) is 4.79 Å². The molecule has 1 rings (SSSR count). The Labute approximate surface area is 485 Å². The molecule has 0 aromatic heterocycles. The zero-order valence-corrected chi connectivity index (χ0v) is 55.3. The molecule has 0 aliphatic rings. The average molecular weight is 2190 g/mol. The number of amides is 3. The van der Waals surface area contributed by atoms with Crippen molar-refractivity contribution in [1.29, 1.82) is 0 Å². The van der Waals surface area contributed by atoms with Crippen LogP contribution < -0.4 is 16.4 Å². The van der Waals surface area contributed by atoms with Crippen molar-refractivity contribution >= 4 is 103 Å². The second-order valence-corrected chi connectivity index (χ2v) is 9.63. The van der Waals surface area contributed by atoms with Gasteiger partial charge in [-0.05, 0) is 67.8 Å². The molecular weight excluding hydrogens is 2160 g/mol. The average Bonchev–Trinajstić information content (AvgIpc) is 2.81. The van der Waals surface area contributed by atoms with Crippen molar-refractivity contribution in [3.05, 3.63) is 16.3 Å². The molecule has 0 saturated heterocycles. The standard InChI is InChI=1S/C17H20I3N3O11.6Ac/c18-8-7(13(14(21)30)34-17(33)6(29)3-26)9(19)12(23-16(32)5(28)2-25)10(20)11(8)22-15(31)4(27)1-24;;;;;;/h4-6,13,24-29H,1-3H2,(H2,21,30)(H,22,31)(H,23,32);;;;;;. The van der Waals surface area contributed by atoms with E-state index in [9.17, 15) is 34.5 Å². The molecule has 1 aromatic carbocycles. The number of carbonyl (C=O) groups is 4. The molecule has 40 heavy (non-hydrogen) atoms. The number of halogens is 3. The molecule has 0 aliphatic heterocycles. The van der Waals surface area contributed by atoms with Gasteiger partial charge in [-0.15, -0.1) is 0 Å². The number of primary amides is 1. The van der Waals surface area contributed by atoms with Crippen LogP contribution in [0, 0.1) is 275 Å². The summed E-state index contributed by atoms with van der Waals surface area (Å²) in [5.41, 5.74) is 5.06. The quantitative estimate of drug-likeness (QED) is 0.0829. The normalized spacial score (nSPS) is 12.3. The van der Waals surface area contributed by atoms with Gasteiger partial charge in [0.15, 0.2) is 18.3 Å². The van der Waals surface area contributed by atoms with E-state index in [2.05, 4.69) is 10.6 Å². The van der Waals surface area contributed by atoms with Crippen molar-refractivity contribution in [2.75, 3.05) is 30.5 Å². The van der Waals surface area contributed by atoms with Crippen LogP contribution in [-0.2, 0) is 23.9 Å². The van der Waals surface area contributed by atoms with E-state index in [4.69, 9.17) is 25.8 Å². The van der Waals surface area contributed by atoms with Crippen molar-refractivity contribution in [3.63, 3.8) is 0 Å². The van der Waals surface area contributed by atoms with Gasteiger partial charge in [-0.2, -0.15) is 0 Å². The number of esters is 1. The van der Waals surface area contributed by atoms with Crippen LogP contribution in [0.4, 0.5) is 11.4 Å². The summed E-state index contributed by atoms with van der Waals surface area (Å²) in [4.78, 5) is 48.6. The van der Waals surface area contributed by atoms with Crippen LogP contribution in [0.15, 0.2) is 0 Å². The van der Waals surface area contributed by atoms with E-state index in [1.165, 1.54) is 0 Å². The minimum Gasteiger partial charge on any atom is -0.445 e. The molecule has 0 heterocycles. The topological polar surface area (TPSA) is 249 Å². The van der Waals surface area contributed by atoms with E-state index in [0.717, 1.165) is 0 Å². The number of ether oxygens (including phenoxy) is 1.